The van der Waals surface area contributed by atoms with E-state index in [9.17, 15) is 8.42 Å². The second-order valence-electron chi connectivity index (χ2n) is 2.82. The molecule has 0 saturated carbocycles. The highest BCUT2D eigenvalue weighted by atomic mass is 32.2. The van der Waals surface area contributed by atoms with Crippen LogP contribution in [0.4, 0.5) is 5.82 Å². The molecule has 0 radical (unpaired) electrons. The van der Waals surface area contributed by atoms with Crippen LogP contribution in [0.15, 0.2) is 11.1 Å². The predicted octanol–water partition coefficient (Wildman–Crippen LogP) is 0.566. The summed E-state index contributed by atoms with van der Waals surface area (Å²) in [5, 5.41) is 5.97. The molecule has 1 heterocycles. The average molecular weight is 203 g/mol. The van der Waals surface area contributed by atoms with Gasteiger partial charge in [0.05, 0.1) is 11.9 Å². The maximum atomic E-state index is 11.5. The highest BCUT2D eigenvalue weighted by Crippen LogP contribution is 2.16. The summed E-state index contributed by atoms with van der Waals surface area (Å²) in [5.41, 5.74) is 5.40. The second kappa shape index (κ2) is 3.78. The molecule has 0 spiro atoms. The van der Waals surface area contributed by atoms with E-state index in [0.29, 0.717) is 6.42 Å². The van der Waals surface area contributed by atoms with Gasteiger partial charge in [-0.3, -0.25) is 5.10 Å². The van der Waals surface area contributed by atoms with Crippen LogP contribution in [-0.4, -0.2) is 24.4 Å². The molecule has 0 aliphatic carbocycles. The number of unbranched alkanes of at least 4 members (excludes halogenated alkanes) is 1. The van der Waals surface area contributed by atoms with Crippen LogP contribution >= 0.6 is 0 Å². The van der Waals surface area contributed by atoms with Crippen molar-refractivity contribution in [2.45, 2.75) is 24.7 Å². The van der Waals surface area contributed by atoms with Crippen LogP contribution in [0.25, 0.3) is 0 Å². The van der Waals surface area contributed by atoms with Gasteiger partial charge in [0.1, 0.15) is 10.7 Å². The average Bonchev–Trinajstić information content (AvgIpc) is 2.48. The molecule has 0 unspecified atom stereocenters. The number of anilines is 1. The van der Waals surface area contributed by atoms with Crippen LogP contribution in [0.1, 0.15) is 19.8 Å². The number of aromatic amines is 1. The Hall–Kier alpha value is -1.04. The van der Waals surface area contributed by atoms with E-state index in [-0.39, 0.29) is 16.5 Å². The van der Waals surface area contributed by atoms with Crippen molar-refractivity contribution in [1.82, 2.24) is 10.2 Å². The van der Waals surface area contributed by atoms with E-state index in [1.54, 1.807) is 0 Å². The van der Waals surface area contributed by atoms with Gasteiger partial charge in [0.25, 0.3) is 0 Å². The van der Waals surface area contributed by atoms with Gasteiger partial charge in [0.15, 0.2) is 9.84 Å². The van der Waals surface area contributed by atoms with Crippen molar-refractivity contribution in [3.05, 3.63) is 6.20 Å². The molecule has 0 bridgehead atoms. The SMILES string of the molecule is CCCCS(=O)(=O)c1cn[nH]c1N. The van der Waals surface area contributed by atoms with Gasteiger partial charge in [-0.1, -0.05) is 13.3 Å². The van der Waals surface area contributed by atoms with Gasteiger partial charge >= 0.3 is 0 Å². The summed E-state index contributed by atoms with van der Waals surface area (Å²) in [7, 11) is -3.23. The maximum absolute atomic E-state index is 11.5. The largest absolute Gasteiger partial charge is 0.383 e. The summed E-state index contributed by atoms with van der Waals surface area (Å²) in [6, 6.07) is 0. The quantitative estimate of drug-likeness (QED) is 0.748. The van der Waals surface area contributed by atoms with E-state index < -0.39 is 9.84 Å². The van der Waals surface area contributed by atoms with Gasteiger partial charge in [-0.15, -0.1) is 0 Å². The van der Waals surface area contributed by atoms with Gasteiger partial charge in [-0.25, -0.2) is 8.42 Å². The molecule has 0 saturated heterocycles. The number of hydrogen-bond donors (Lipinski definition) is 2. The Morgan fingerprint density at radius 2 is 2.31 bits per heavy atom. The summed E-state index contributed by atoms with van der Waals surface area (Å²) < 4.78 is 23.1. The minimum absolute atomic E-state index is 0.112. The fraction of sp³-hybridized carbons (Fsp3) is 0.571. The smallest absolute Gasteiger partial charge is 0.183 e. The van der Waals surface area contributed by atoms with Gasteiger partial charge in [-0.05, 0) is 6.42 Å². The third-order valence-corrected chi connectivity index (χ3v) is 3.56. The lowest BCUT2D eigenvalue weighted by Gasteiger charge is -2.00. The first kappa shape index (κ1) is 10.0. The zero-order valence-electron chi connectivity index (χ0n) is 7.45. The first-order valence-corrected chi connectivity index (χ1v) is 5.74. The third kappa shape index (κ3) is 2.21. The van der Waals surface area contributed by atoms with Crippen molar-refractivity contribution in [2.75, 3.05) is 11.5 Å². The molecule has 0 aliphatic rings. The van der Waals surface area contributed by atoms with Crippen molar-refractivity contribution < 1.29 is 8.42 Å². The Bertz CT molecular complexity index is 369. The molecule has 0 amide bonds. The third-order valence-electron chi connectivity index (χ3n) is 1.73. The summed E-state index contributed by atoms with van der Waals surface area (Å²) in [5.74, 6) is 0.254. The van der Waals surface area contributed by atoms with E-state index in [1.165, 1.54) is 6.20 Å². The zero-order valence-corrected chi connectivity index (χ0v) is 8.26. The Labute approximate surface area is 77.3 Å². The lowest BCUT2D eigenvalue weighted by molar-refractivity contribution is 0.593. The molecule has 0 aromatic carbocycles. The van der Waals surface area contributed by atoms with Crippen LogP contribution in [0, 0.1) is 0 Å². The van der Waals surface area contributed by atoms with Gasteiger partial charge in [-0.2, -0.15) is 5.10 Å². The maximum Gasteiger partial charge on any atom is 0.183 e. The predicted molar refractivity (Wildman–Crippen MR) is 50.0 cm³/mol. The van der Waals surface area contributed by atoms with Crippen molar-refractivity contribution in [3.63, 3.8) is 0 Å². The Morgan fingerprint density at radius 1 is 1.62 bits per heavy atom. The number of aromatic nitrogens is 2. The first-order chi connectivity index (χ1) is 6.08. The second-order valence-corrected chi connectivity index (χ2v) is 4.90. The molecule has 0 atom stereocenters. The molecule has 1 rings (SSSR count). The molecular weight excluding hydrogens is 190 g/mol. The summed E-state index contributed by atoms with van der Waals surface area (Å²) in [6.45, 7) is 1.94. The summed E-state index contributed by atoms with van der Waals surface area (Å²) >= 11 is 0. The number of nitrogens with two attached hydrogens (primary N) is 1. The molecule has 0 aliphatic heterocycles. The highest BCUT2D eigenvalue weighted by molar-refractivity contribution is 7.91. The Kier molecular flexibility index (Phi) is 2.92. The van der Waals surface area contributed by atoms with Crippen LogP contribution in [-0.2, 0) is 9.84 Å². The number of hydrogen-bond acceptors (Lipinski definition) is 4. The number of nitrogens with one attached hydrogen (secondary N) is 1. The fourth-order valence-electron chi connectivity index (χ4n) is 0.977. The Morgan fingerprint density at radius 3 is 2.77 bits per heavy atom. The van der Waals surface area contributed by atoms with Gasteiger partial charge < -0.3 is 5.73 Å². The lowest BCUT2D eigenvalue weighted by Crippen LogP contribution is -2.07. The standard InChI is InChI=1S/C7H13N3O2S/c1-2-3-4-13(11,12)6-5-9-10-7(6)8/h5H,2-4H2,1H3,(H3,8,9,10). The minimum atomic E-state index is -3.23. The summed E-state index contributed by atoms with van der Waals surface area (Å²) in [6.07, 6.45) is 2.74. The summed E-state index contributed by atoms with van der Waals surface area (Å²) in [4.78, 5) is 0.112. The normalized spacial score (nSPS) is 11.8. The van der Waals surface area contributed by atoms with Crippen LogP contribution in [0.2, 0.25) is 0 Å². The highest BCUT2D eigenvalue weighted by Gasteiger charge is 2.18. The van der Waals surface area contributed by atoms with Crippen molar-refractivity contribution in [1.29, 1.82) is 0 Å². The van der Waals surface area contributed by atoms with Gasteiger partial charge in [0, 0.05) is 0 Å². The van der Waals surface area contributed by atoms with Gasteiger partial charge in [0.2, 0.25) is 0 Å². The monoisotopic (exact) mass is 203 g/mol. The lowest BCUT2D eigenvalue weighted by atomic mass is 10.4. The van der Waals surface area contributed by atoms with Crippen LogP contribution in [0.3, 0.4) is 0 Å². The number of nitrogen functional groups attached to an aromatic ring is 1. The van der Waals surface area contributed by atoms with Crippen molar-refractivity contribution in [2.24, 2.45) is 0 Å². The zero-order chi connectivity index (χ0) is 9.90. The number of sulfone groups is 1. The molecular formula is C7H13N3O2S. The minimum Gasteiger partial charge on any atom is -0.383 e. The van der Waals surface area contributed by atoms with E-state index in [2.05, 4.69) is 10.2 Å². The molecule has 74 valence electrons. The van der Waals surface area contributed by atoms with Crippen molar-refractivity contribution >= 4 is 15.7 Å². The van der Waals surface area contributed by atoms with Crippen LogP contribution < -0.4 is 5.73 Å². The van der Waals surface area contributed by atoms with Crippen molar-refractivity contribution in [3.8, 4) is 0 Å². The molecule has 0 fully saturated rings. The van der Waals surface area contributed by atoms with E-state index in [1.807, 2.05) is 6.92 Å². The van der Waals surface area contributed by atoms with E-state index in [0.717, 1.165) is 6.42 Å². The number of rotatable bonds is 4. The molecule has 3 N–H and O–H groups in total. The molecule has 1 aromatic heterocycles. The molecule has 5 nitrogen and oxygen atoms in total. The molecule has 6 heteroatoms. The Balaban J connectivity index is 2.88. The fourth-order valence-corrected chi connectivity index (χ4v) is 2.46. The number of H-pyrrole nitrogens is 1. The first-order valence-electron chi connectivity index (χ1n) is 4.09. The topological polar surface area (TPSA) is 88.8 Å². The van der Waals surface area contributed by atoms with Crippen LogP contribution in [0.5, 0.6) is 0 Å². The molecule has 1 aromatic rings. The number of nitrogens with zero attached hydrogens (tertiary/aromatic N) is 1. The van der Waals surface area contributed by atoms with E-state index in [4.69, 9.17) is 5.73 Å². The molecule has 13 heavy (non-hydrogen) atoms. The van der Waals surface area contributed by atoms with E-state index >= 15 is 0 Å².